The fourth-order valence-corrected chi connectivity index (χ4v) is 3.67. The molecule has 2 N–H and O–H groups in total. The summed E-state index contributed by atoms with van der Waals surface area (Å²) in [5, 5.41) is 0.691. The maximum Gasteiger partial charge on any atom is 0.270 e. The molecule has 0 saturated carbocycles. The number of carbonyl (C=O) groups excluding carboxylic acids is 3. The molecule has 2 aromatic carbocycles. The quantitative estimate of drug-likeness (QED) is 0.640. The molecule has 0 bridgehead atoms. The Morgan fingerprint density at radius 2 is 1.81 bits per heavy atom. The summed E-state index contributed by atoms with van der Waals surface area (Å²) in [6, 6.07) is 17.0. The number of aromatic nitrogens is 1. The van der Waals surface area contributed by atoms with Crippen molar-refractivity contribution in [3.05, 3.63) is 65.7 Å². The second kappa shape index (κ2) is 8.95. The topological polar surface area (TPSA) is 91.4 Å². The van der Waals surface area contributed by atoms with E-state index in [1.165, 1.54) is 4.90 Å². The van der Waals surface area contributed by atoms with Gasteiger partial charge in [-0.05, 0) is 31.9 Å². The van der Waals surface area contributed by atoms with Crippen molar-refractivity contribution in [1.82, 2.24) is 20.7 Å². The second-order valence-corrected chi connectivity index (χ2v) is 7.71. The van der Waals surface area contributed by atoms with Crippen LogP contribution >= 0.6 is 0 Å². The van der Waals surface area contributed by atoms with Gasteiger partial charge in [-0.3, -0.25) is 25.2 Å². The molecule has 7 nitrogen and oxygen atoms in total. The van der Waals surface area contributed by atoms with Crippen molar-refractivity contribution in [2.24, 2.45) is 0 Å². The minimum Gasteiger partial charge on any atom is -0.333 e. The number of nitrogens with one attached hydrogen (secondary N) is 2. The maximum atomic E-state index is 12.9. The molecule has 1 fully saturated rings. The van der Waals surface area contributed by atoms with Gasteiger partial charge in [0.25, 0.3) is 11.8 Å². The van der Waals surface area contributed by atoms with Crippen LogP contribution in [0.15, 0.2) is 54.6 Å². The van der Waals surface area contributed by atoms with Crippen LogP contribution in [0.25, 0.3) is 22.2 Å². The largest absolute Gasteiger partial charge is 0.333 e. The molecule has 2 heterocycles. The molecule has 7 heteroatoms. The molecule has 1 aliphatic heterocycles. The first-order valence-electron chi connectivity index (χ1n) is 10.3. The van der Waals surface area contributed by atoms with Crippen LogP contribution in [0.3, 0.4) is 0 Å². The number of amides is 3. The first-order chi connectivity index (χ1) is 15.0. The predicted molar refractivity (Wildman–Crippen MR) is 118 cm³/mol. The van der Waals surface area contributed by atoms with Crippen LogP contribution in [-0.4, -0.2) is 40.7 Å². The summed E-state index contributed by atoms with van der Waals surface area (Å²) >= 11 is 0. The van der Waals surface area contributed by atoms with Gasteiger partial charge < -0.3 is 4.90 Å². The second-order valence-electron chi connectivity index (χ2n) is 7.71. The first-order valence-corrected chi connectivity index (χ1v) is 10.3. The van der Waals surface area contributed by atoms with Gasteiger partial charge in [-0.1, -0.05) is 48.0 Å². The van der Waals surface area contributed by atoms with Gasteiger partial charge in [0.05, 0.1) is 16.8 Å². The Morgan fingerprint density at radius 3 is 2.58 bits per heavy atom. The third kappa shape index (κ3) is 4.71. The highest BCUT2D eigenvalue weighted by molar-refractivity contribution is 6.07. The highest BCUT2D eigenvalue weighted by Gasteiger charge is 2.21. The fraction of sp³-hybridized carbons (Fsp3) is 0.250. The van der Waals surface area contributed by atoms with Crippen LogP contribution in [-0.2, 0) is 9.59 Å². The number of likely N-dealkylation sites (tertiary alicyclic amines) is 1. The third-order valence-corrected chi connectivity index (χ3v) is 5.38. The van der Waals surface area contributed by atoms with E-state index in [0.29, 0.717) is 35.1 Å². The SMILES string of the molecule is Cc1ccc(-c2cc(C(=O)NNC(=O)CN3CCCCC3=O)c3ccccc3n2)cc1. The van der Waals surface area contributed by atoms with E-state index in [1.54, 1.807) is 6.07 Å². The van der Waals surface area contributed by atoms with Crippen LogP contribution in [0.5, 0.6) is 0 Å². The Labute approximate surface area is 180 Å². The number of fused-ring (bicyclic) bond motifs is 1. The molecule has 0 aliphatic carbocycles. The minimum atomic E-state index is -0.440. The van der Waals surface area contributed by atoms with Crippen LogP contribution in [0.2, 0.25) is 0 Å². The predicted octanol–water partition coefficient (Wildman–Crippen LogP) is 2.98. The van der Waals surface area contributed by atoms with E-state index < -0.39 is 11.8 Å². The summed E-state index contributed by atoms with van der Waals surface area (Å²) in [6.45, 7) is 2.51. The number of hydrogen-bond acceptors (Lipinski definition) is 4. The molecule has 0 atom stereocenters. The molecular weight excluding hydrogens is 392 g/mol. The minimum absolute atomic E-state index is 0.0319. The van der Waals surface area contributed by atoms with Gasteiger partial charge in [0.1, 0.15) is 6.54 Å². The third-order valence-electron chi connectivity index (χ3n) is 5.38. The number of carbonyl (C=O) groups is 3. The Hall–Kier alpha value is -3.74. The number of hydrogen-bond donors (Lipinski definition) is 2. The Kier molecular flexibility index (Phi) is 5.93. The monoisotopic (exact) mass is 416 g/mol. The molecule has 3 aromatic rings. The van der Waals surface area contributed by atoms with E-state index in [-0.39, 0.29) is 12.5 Å². The number of para-hydroxylation sites is 1. The number of piperidine rings is 1. The van der Waals surface area contributed by atoms with E-state index in [2.05, 4.69) is 15.8 Å². The number of benzene rings is 2. The normalized spacial score (nSPS) is 13.8. The van der Waals surface area contributed by atoms with Crippen LogP contribution in [0.1, 0.15) is 35.2 Å². The highest BCUT2D eigenvalue weighted by Crippen LogP contribution is 2.25. The summed E-state index contributed by atoms with van der Waals surface area (Å²) < 4.78 is 0. The lowest BCUT2D eigenvalue weighted by atomic mass is 10.0. The Balaban J connectivity index is 1.53. The van der Waals surface area contributed by atoms with Gasteiger partial charge in [0, 0.05) is 23.9 Å². The van der Waals surface area contributed by atoms with Crippen molar-refractivity contribution in [3.63, 3.8) is 0 Å². The molecule has 4 rings (SSSR count). The van der Waals surface area contributed by atoms with Crippen molar-refractivity contribution in [2.45, 2.75) is 26.2 Å². The number of aryl methyl sites for hydroxylation is 1. The van der Waals surface area contributed by atoms with Gasteiger partial charge in [-0.15, -0.1) is 0 Å². The Bertz CT molecular complexity index is 1140. The van der Waals surface area contributed by atoms with E-state index in [0.717, 1.165) is 24.0 Å². The molecule has 31 heavy (non-hydrogen) atoms. The highest BCUT2D eigenvalue weighted by atomic mass is 16.2. The van der Waals surface area contributed by atoms with E-state index in [4.69, 9.17) is 0 Å². The van der Waals surface area contributed by atoms with Gasteiger partial charge in [0.2, 0.25) is 5.91 Å². The molecule has 158 valence electrons. The lowest BCUT2D eigenvalue weighted by Crippen LogP contribution is -2.48. The zero-order valence-corrected chi connectivity index (χ0v) is 17.4. The van der Waals surface area contributed by atoms with Crippen LogP contribution in [0.4, 0.5) is 0 Å². The van der Waals surface area contributed by atoms with E-state index >= 15 is 0 Å². The van der Waals surface area contributed by atoms with Gasteiger partial charge in [-0.25, -0.2) is 4.98 Å². The number of rotatable bonds is 4. The molecule has 0 spiro atoms. The fourth-order valence-electron chi connectivity index (χ4n) is 3.67. The van der Waals surface area contributed by atoms with Gasteiger partial charge in [0.15, 0.2) is 0 Å². The molecule has 0 radical (unpaired) electrons. The maximum absolute atomic E-state index is 12.9. The summed E-state index contributed by atoms with van der Waals surface area (Å²) in [5.74, 6) is -0.901. The van der Waals surface area contributed by atoms with Gasteiger partial charge in [-0.2, -0.15) is 0 Å². The number of hydrazine groups is 1. The lowest BCUT2D eigenvalue weighted by Gasteiger charge is -2.25. The van der Waals surface area contributed by atoms with Crippen LogP contribution < -0.4 is 10.9 Å². The summed E-state index contributed by atoms with van der Waals surface area (Å²) in [6.07, 6.45) is 2.20. The summed E-state index contributed by atoms with van der Waals surface area (Å²) in [7, 11) is 0. The van der Waals surface area contributed by atoms with Crippen LogP contribution in [0, 0.1) is 6.92 Å². The average molecular weight is 416 g/mol. The zero-order valence-electron chi connectivity index (χ0n) is 17.4. The molecule has 1 saturated heterocycles. The summed E-state index contributed by atoms with van der Waals surface area (Å²) in [5.41, 5.74) is 8.72. The van der Waals surface area contributed by atoms with Crippen molar-refractivity contribution >= 4 is 28.6 Å². The van der Waals surface area contributed by atoms with E-state index in [1.807, 2.05) is 55.5 Å². The lowest BCUT2D eigenvalue weighted by molar-refractivity contribution is -0.138. The van der Waals surface area contributed by atoms with Crippen molar-refractivity contribution in [2.75, 3.05) is 13.1 Å². The molecule has 1 aliphatic rings. The standard InChI is InChI=1S/C24H24N4O3/c1-16-9-11-17(12-10-16)21-14-19(18-6-2-3-7-20(18)25-21)24(31)27-26-22(29)15-28-13-5-4-8-23(28)30/h2-3,6-7,9-12,14H,4-5,8,13,15H2,1H3,(H,26,29)(H,27,31). The van der Waals surface area contributed by atoms with Crippen molar-refractivity contribution in [1.29, 1.82) is 0 Å². The average Bonchev–Trinajstić information content (AvgIpc) is 2.79. The smallest absolute Gasteiger partial charge is 0.270 e. The summed E-state index contributed by atoms with van der Waals surface area (Å²) in [4.78, 5) is 43.3. The Morgan fingerprint density at radius 1 is 1.03 bits per heavy atom. The zero-order chi connectivity index (χ0) is 21.8. The van der Waals surface area contributed by atoms with Gasteiger partial charge >= 0.3 is 0 Å². The van der Waals surface area contributed by atoms with E-state index in [9.17, 15) is 14.4 Å². The molecular formula is C24H24N4O3. The number of pyridine rings is 1. The molecule has 3 amide bonds. The van der Waals surface area contributed by atoms with Crippen molar-refractivity contribution < 1.29 is 14.4 Å². The van der Waals surface area contributed by atoms with Crippen molar-refractivity contribution in [3.8, 4) is 11.3 Å². The molecule has 0 unspecified atom stereocenters. The number of nitrogens with zero attached hydrogens (tertiary/aromatic N) is 2. The first kappa shape index (κ1) is 20.5. The molecule has 1 aromatic heterocycles.